The number of anilines is 1. The van der Waals surface area contributed by atoms with Crippen molar-refractivity contribution in [2.45, 2.75) is 32.7 Å². The number of halogens is 1. The van der Waals surface area contributed by atoms with Gasteiger partial charge in [0.1, 0.15) is 5.01 Å². The normalized spacial score (nSPS) is 12.4. The highest BCUT2D eigenvalue weighted by atomic mass is 79.9. The van der Waals surface area contributed by atoms with Gasteiger partial charge in [-0.3, -0.25) is 0 Å². The molecule has 0 saturated heterocycles. The summed E-state index contributed by atoms with van der Waals surface area (Å²) in [6, 6.07) is 8.69. The van der Waals surface area contributed by atoms with Gasteiger partial charge in [0.05, 0.1) is 6.04 Å². The van der Waals surface area contributed by atoms with E-state index in [9.17, 15) is 0 Å². The Balaban J connectivity index is 2.11. The maximum Gasteiger partial charge on any atom is 0.206 e. The van der Waals surface area contributed by atoms with Gasteiger partial charge in [0.15, 0.2) is 0 Å². The molecule has 0 fully saturated rings. The van der Waals surface area contributed by atoms with Crippen LogP contribution in [-0.4, -0.2) is 10.2 Å². The number of aromatic nitrogens is 2. The molecule has 1 unspecified atom stereocenters. The molecule has 0 bridgehead atoms. The van der Waals surface area contributed by atoms with E-state index in [1.54, 1.807) is 11.3 Å². The Kier molecular flexibility index (Phi) is 4.72. The number of nitrogens with one attached hydrogen (secondary N) is 1. The van der Waals surface area contributed by atoms with E-state index in [4.69, 9.17) is 0 Å². The summed E-state index contributed by atoms with van der Waals surface area (Å²) >= 11 is 5.09. The minimum atomic E-state index is 0.288. The molecule has 1 N–H and O–H groups in total. The monoisotopic (exact) mass is 325 g/mol. The number of benzene rings is 1. The third-order valence-corrected chi connectivity index (χ3v) is 4.28. The molecule has 0 spiro atoms. The first-order valence-corrected chi connectivity index (χ1v) is 7.68. The Morgan fingerprint density at radius 1 is 1.22 bits per heavy atom. The third-order valence-electron chi connectivity index (χ3n) is 2.75. The summed E-state index contributed by atoms with van der Waals surface area (Å²) in [6.45, 7) is 4.26. The molecule has 1 aromatic heterocycles. The number of rotatable bonds is 5. The first kappa shape index (κ1) is 13.5. The lowest BCUT2D eigenvalue weighted by atomic mass is 10.1. The van der Waals surface area contributed by atoms with E-state index in [2.05, 4.69) is 69.6 Å². The summed E-state index contributed by atoms with van der Waals surface area (Å²) in [5.41, 5.74) is 1.27. The number of hydrogen-bond donors (Lipinski definition) is 1. The highest BCUT2D eigenvalue weighted by Crippen LogP contribution is 2.25. The molecule has 5 heteroatoms. The molecule has 0 amide bonds. The number of aryl methyl sites for hydroxylation is 1. The van der Waals surface area contributed by atoms with Gasteiger partial charge in [-0.25, -0.2) is 0 Å². The van der Waals surface area contributed by atoms with Crippen molar-refractivity contribution < 1.29 is 0 Å². The van der Waals surface area contributed by atoms with Crippen LogP contribution in [-0.2, 0) is 6.42 Å². The lowest BCUT2D eigenvalue weighted by Crippen LogP contribution is -2.09. The van der Waals surface area contributed by atoms with Crippen molar-refractivity contribution >= 4 is 32.4 Å². The van der Waals surface area contributed by atoms with Gasteiger partial charge in [-0.1, -0.05) is 53.2 Å². The zero-order valence-corrected chi connectivity index (χ0v) is 12.9. The van der Waals surface area contributed by atoms with E-state index in [0.717, 1.165) is 27.5 Å². The number of hydrogen-bond acceptors (Lipinski definition) is 4. The molecular weight excluding hydrogens is 310 g/mol. The van der Waals surface area contributed by atoms with Crippen LogP contribution in [0, 0.1) is 0 Å². The van der Waals surface area contributed by atoms with Crippen LogP contribution in [0.3, 0.4) is 0 Å². The standard InChI is InChI=1S/C13H16BrN3S/c1-3-11(9-5-7-10(14)8-6-9)15-13-17-16-12(4-2)18-13/h5-8,11H,3-4H2,1-2H3,(H,15,17). The summed E-state index contributed by atoms with van der Waals surface area (Å²) in [7, 11) is 0. The van der Waals surface area contributed by atoms with Crippen LogP contribution < -0.4 is 5.32 Å². The van der Waals surface area contributed by atoms with Gasteiger partial charge in [-0.2, -0.15) is 0 Å². The summed E-state index contributed by atoms with van der Waals surface area (Å²) in [6.07, 6.45) is 1.96. The summed E-state index contributed by atoms with van der Waals surface area (Å²) in [4.78, 5) is 0. The maximum atomic E-state index is 4.17. The second-order valence-corrected chi connectivity index (χ2v) is 5.99. The van der Waals surface area contributed by atoms with Gasteiger partial charge in [0.25, 0.3) is 0 Å². The molecule has 3 nitrogen and oxygen atoms in total. The van der Waals surface area contributed by atoms with Crippen LogP contribution >= 0.6 is 27.3 Å². The van der Waals surface area contributed by atoms with Crippen LogP contribution in [0.5, 0.6) is 0 Å². The van der Waals surface area contributed by atoms with Gasteiger partial charge in [0.2, 0.25) is 5.13 Å². The van der Waals surface area contributed by atoms with Crippen LogP contribution in [0.25, 0.3) is 0 Å². The second-order valence-electron chi connectivity index (χ2n) is 4.01. The Labute approximate surface area is 120 Å². The maximum absolute atomic E-state index is 4.17. The van der Waals surface area contributed by atoms with Gasteiger partial charge < -0.3 is 5.32 Å². The van der Waals surface area contributed by atoms with E-state index >= 15 is 0 Å². The first-order valence-electron chi connectivity index (χ1n) is 6.07. The summed E-state index contributed by atoms with van der Waals surface area (Å²) < 4.78 is 1.10. The predicted molar refractivity (Wildman–Crippen MR) is 80.1 cm³/mol. The molecule has 1 heterocycles. The van der Waals surface area contributed by atoms with Crippen molar-refractivity contribution in [3.05, 3.63) is 39.3 Å². The molecule has 0 aliphatic heterocycles. The summed E-state index contributed by atoms with van der Waals surface area (Å²) in [5.74, 6) is 0. The van der Waals surface area contributed by atoms with Crippen LogP contribution in [0.4, 0.5) is 5.13 Å². The molecule has 0 saturated carbocycles. The fourth-order valence-corrected chi connectivity index (χ4v) is 2.72. The third kappa shape index (κ3) is 3.29. The Morgan fingerprint density at radius 3 is 2.50 bits per heavy atom. The minimum Gasteiger partial charge on any atom is -0.353 e. The highest BCUT2D eigenvalue weighted by Gasteiger charge is 2.11. The molecule has 1 atom stereocenters. The van der Waals surface area contributed by atoms with E-state index in [0.29, 0.717) is 0 Å². The zero-order valence-electron chi connectivity index (χ0n) is 10.5. The molecule has 0 radical (unpaired) electrons. The van der Waals surface area contributed by atoms with Crippen molar-refractivity contribution in [3.63, 3.8) is 0 Å². The molecule has 0 aliphatic carbocycles. The van der Waals surface area contributed by atoms with E-state index < -0.39 is 0 Å². The van der Waals surface area contributed by atoms with E-state index in [-0.39, 0.29) is 6.04 Å². The quantitative estimate of drug-likeness (QED) is 0.883. The largest absolute Gasteiger partial charge is 0.353 e. The van der Waals surface area contributed by atoms with Gasteiger partial charge in [0, 0.05) is 4.47 Å². The van der Waals surface area contributed by atoms with Crippen molar-refractivity contribution in [2.24, 2.45) is 0 Å². The SMILES string of the molecule is CCc1nnc(NC(CC)c2ccc(Br)cc2)s1. The smallest absolute Gasteiger partial charge is 0.206 e. The van der Waals surface area contributed by atoms with E-state index in [1.807, 2.05) is 0 Å². The summed E-state index contributed by atoms with van der Waals surface area (Å²) in [5, 5.41) is 13.7. The van der Waals surface area contributed by atoms with Crippen LogP contribution in [0.15, 0.2) is 28.7 Å². The van der Waals surface area contributed by atoms with Crippen molar-refractivity contribution in [1.29, 1.82) is 0 Å². The minimum absolute atomic E-state index is 0.288. The van der Waals surface area contributed by atoms with Crippen molar-refractivity contribution in [2.75, 3.05) is 5.32 Å². The Bertz CT molecular complexity index is 495. The molecular formula is C13H16BrN3S. The fourth-order valence-electron chi connectivity index (χ4n) is 1.72. The lowest BCUT2D eigenvalue weighted by molar-refractivity contribution is 0.745. The lowest BCUT2D eigenvalue weighted by Gasteiger charge is -2.16. The molecule has 18 heavy (non-hydrogen) atoms. The molecule has 2 aromatic rings. The fraction of sp³-hybridized carbons (Fsp3) is 0.385. The van der Waals surface area contributed by atoms with Gasteiger partial charge in [-0.15, -0.1) is 10.2 Å². The van der Waals surface area contributed by atoms with Crippen LogP contribution in [0.2, 0.25) is 0 Å². The molecule has 2 rings (SSSR count). The topological polar surface area (TPSA) is 37.8 Å². The average molecular weight is 326 g/mol. The molecule has 0 aliphatic rings. The Morgan fingerprint density at radius 2 is 1.94 bits per heavy atom. The first-order chi connectivity index (χ1) is 8.72. The van der Waals surface area contributed by atoms with Gasteiger partial charge in [-0.05, 0) is 30.5 Å². The highest BCUT2D eigenvalue weighted by molar-refractivity contribution is 9.10. The molecule has 1 aromatic carbocycles. The van der Waals surface area contributed by atoms with Crippen molar-refractivity contribution in [1.82, 2.24) is 10.2 Å². The second kappa shape index (κ2) is 6.29. The van der Waals surface area contributed by atoms with E-state index in [1.165, 1.54) is 5.56 Å². The average Bonchev–Trinajstić information content (AvgIpc) is 2.85. The van der Waals surface area contributed by atoms with Crippen molar-refractivity contribution in [3.8, 4) is 0 Å². The van der Waals surface area contributed by atoms with Gasteiger partial charge >= 0.3 is 0 Å². The zero-order chi connectivity index (χ0) is 13.0. The molecule has 96 valence electrons. The predicted octanol–water partition coefficient (Wildman–Crippen LogP) is 4.43. The number of nitrogens with zero attached hydrogens (tertiary/aromatic N) is 2. The Hall–Kier alpha value is -0.940. The van der Waals surface area contributed by atoms with Crippen LogP contribution in [0.1, 0.15) is 36.9 Å².